The van der Waals surface area contributed by atoms with Crippen LogP contribution in [0.2, 0.25) is 0 Å². The second kappa shape index (κ2) is 7.88. The average molecular weight is 363 g/mol. The lowest BCUT2D eigenvalue weighted by Crippen LogP contribution is -2.36. The number of aromatic nitrogens is 3. The first kappa shape index (κ1) is 17.7. The minimum Gasteiger partial charge on any atom is -0.366 e. The van der Waals surface area contributed by atoms with Crippen LogP contribution in [-0.4, -0.2) is 32.4 Å². The molecule has 1 aliphatic heterocycles. The van der Waals surface area contributed by atoms with Crippen molar-refractivity contribution in [2.24, 2.45) is 0 Å². The van der Waals surface area contributed by atoms with E-state index in [4.69, 9.17) is 0 Å². The molecule has 3 heterocycles. The second-order valence-electron chi connectivity index (χ2n) is 7.28. The molecule has 1 fully saturated rings. The van der Waals surface area contributed by atoms with Crippen LogP contribution in [0.5, 0.6) is 0 Å². The van der Waals surface area contributed by atoms with Crippen LogP contribution >= 0.6 is 0 Å². The van der Waals surface area contributed by atoms with Gasteiger partial charge >= 0.3 is 0 Å². The first-order chi connectivity index (χ1) is 13.2. The molecule has 27 heavy (non-hydrogen) atoms. The number of likely N-dealkylation sites (tertiary alicyclic amines) is 1. The summed E-state index contributed by atoms with van der Waals surface area (Å²) in [6.07, 6.45) is 5.36. The zero-order valence-corrected chi connectivity index (χ0v) is 15.6. The molecule has 1 unspecified atom stereocenters. The fourth-order valence-corrected chi connectivity index (χ4v) is 3.63. The smallest absolute Gasteiger partial charge is 0.277 e. The van der Waals surface area contributed by atoms with Crippen molar-refractivity contribution in [1.82, 2.24) is 19.9 Å². The van der Waals surface area contributed by atoms with Crippen LogP contribution < -0.4 is 10.9 Å². The van der Waals surface area contributed by atoms with Crippen LogP contribution in [0.3, 0.4) is 0 Å². The highest BCUT2D eigenvalue weighted by Crippen LogP contribution is 2.19. The summed E-state index contributed by atoms with van der Waals surface area (Å²) in [7, 11) is 0. The van der Waals surface area contributed by atoms with Crippen LogP contribution in [0.25, 0.3) is 11.0 Å². The van der Waals surface area contributed by atoms with Crippen LogP contribution in [0, 0.1) is 0 Å². The highest BCUT2D eigenvalue weighted by Gasteiger charge is 2.17. The van der Waals surface area contributed by atoms with E-state index in [1.165, 1.54) is 43.3 Å². The number of anilines is 1. The van der Waals surface area contributed by atoms with Crippen molar-refractivity contribution in [2.75, 3.05) is 11.9 Å². The predicted octanol–water partition coefficient (Wildman–Crippen LogP) is 3.30. The average Bonchev–Trinajstić information content (AvgIpc) is 2.70. The zero-order chi connectivity index (χ0) is 18.6. The van der Waals surface area contributed by atoms with Gasteiger partial charge in [0.2, 0.25) is 0 Å². The molecule has 1 aromatic carbocycles. The largest absolute Gasteiger partial charge is 0.366 e. The van der Waals surface area contributed by atoms with Crippen molar-refractivity contribution >= 4 is 16.9 Å². The van der Waals surface area contributed by atoms with Gasteiger partial charge in [-0.2, -0.15) is 0 Å². The molecule has 0 spiro atoms. The number of nitrogens with zero attached hydrogens (tertiary/aromatic N) is 3. The van der Waals surface area contributed by atoms with Gasteiger partial charge in [-0.25, -0.2) is 9.97 Å². The molecule has 2 N–H and O–H groups in total. The van der Waals surface area contributed by atoms with Gasteiger partial charge in [0.05, 0.1) is 11.8 Å². The Labute approximate surface area is 158 Å². The third-order valence-corrected chi connectivity index (χ3v) is 5.31. The molecule has 1 atom stereocenters. The van der Waals surface area contributed by atoms with Crippen molar-refractivity contribution in [2.45, 2.75) is 45.3 Å². The van der Waals surface area contributed by atoms with Gasteiger partial charge in [0.15, 0.2) is 5.52 Å². The fourth-order valence-electron chi connectivity index (χ4n) is 3.63. The van der Waals surface area contributed by atoms with Crippen molar-refractivity contribution in [3.63, 3.8) is 0 Å². The summed E-state index contributed by atoms with van der Waals surface area (Å²) < 4.78 is 0. The lowest BCUT2D eigenvalue weighted by Gasteiger charge is -2.33. The summed E-state index contributed by atoms with van der Waals surface area (Å²) in [6.45, 7) is 5.22. The number of piperidine rings is 1. The first-order valence-electron chi connectivity index (χ1n) is 9.59. The van der Waals surface area contributed by atoms with Gasteiger partial charge in [-0.15, -0.1) is 0 Å². The maximum atomic E-state index is 11.8. The van der Waals surface area contributed by atoms with Gasteiger partial charge in [0, 0.05) is 19.1 Å². The fraction of sp³-hybridized carbons (Fsp3) is 0.381. The van der Waals surface area contributed by atoms with E-state index in [0.717, 1.165) is 6.54 Å². The van der Waals surface area contributed by atoms with E-state index in [0.29, 0.717) is 29.4 Å². The van der Waals surface area contributed by atoms with E-state index in [-0.39, 0.29) is 5.56 Å². The van der Waals surface area contributed by atoms with E-state index in [1.807, 2.05) is 12.1 Å². The number of aromatic amines is 1. The Hall–Kier alpha value is -2.73. The Bertz CT molecular complexity index is 966. The zero-order valence-electron chi connectivity index (χ0n) is 15.6. The van der Waals surface area contributed by atoms with Gasteiger partial charge in [-0.1, -0.05) is 30.7 Å². The predicted molar refractivity (Wildman–Crippen MR) is 108 cm³/mol. The molecule has 4 rings (SSSR count). The summed E-state index contributed by atoms with van der Waals surface area (Å²) >= 11 is 0. The molecule has 6 heteroatoms. The Morgan fingerprint density at radius 1 is 1.15 bits per heavy atom. The van der Waals surface area contributed by atoms with Gasteiger partial charge in [0.25, 0.3) is 5.56 Å². The number of nitrogens with one attached hydrogen (secondary N) is 2. The van der Waals surface area contributed by atoms with Crippen LogP contribution in [-0.2, 0) is 13.1 Å². The minimum atomic E-state index is -0.222. The quantitative estimate of drug-likeness (QED) is 0.727. The topological polar surface area (TPSA) is 73.9 Å². The van der Waals surface area contributed by atoms with Crippen molar-refractivity contribution in [3.05, 3.63) is 64.2 Å². The van der Waals surface area contributed by atoms with Crippen molar-refractivity contribution < 1.29 is 0 Å². The van der Waals surface area contributed by atoms with E-state index in [9.17, 15) is 4.79 Å². The molecule has 0 saturated carbocycles. The Morgan fingerprint density at radius 2 is 1.96 bits per heavy atom. The molecule has 0 radical (unpaired) electrons. The summed E-state index contributed by atoms with van der Waals surface area (Å²) in [5.41, 5.74) is 3.27. The standard InChI is InChI=1S/C21H25N5O/c1-15-4-2-3-11-26(15)13-17-7-5-16(6-8-17)12-22-19-10-9-18-20(25-19)21(27)24-14-23-18/h5-10,14-15H,2-4,11-13H2,1H3,(H,22,25)(H,23,24,27). The third kappa shape index (κ3) is 4.17. The molecule has 1 saturated heterocycles. The third-order valence-electron chi connectivity index (χ3n) is 5.31. The number of benzene rings is 1. The molecule has 0 aliphatic carbocycles. The molecular weight excluding hydrogens is 338 g/mol. The SMILES string of the molecule is CC1CCCCN1Cc1ccc(CNc2ccc3nc[nH]c(=O)c3n2)cc1. The van der Waals surface area contributed by atoms with E-state index >= 15 is 0 Å². The summed E-state index contributed by atoms with van der Waals surface area (Å²) in [5, 5.41) is 3.29. The lowest BCUT2D eigenvalue weighted by molar-refractivity contribution is 0.152. The molecule has 0 amide bonds. The Balaban J connectivity index is 1.39. The number of pyridine rings is 1. The monoisotopic (exact) mass is 363 g/mol. The van der Waals surface area contributed by atoms with Crippen molar-refractivity contribution in [3.8, 4) is 0 Å². The highest BCUT2D eigenvalue weighted by molar-refractivity contribution is 5.74. The Morgan fingerprint density at radius 3 is 2.78 bits per heavy atom. The number of hydrogen-bond acceptors (Lipinski definition) is 5. The van der Waals surface area contributed by atoms with Gasteiger partial charge in [-0.05, 0) is 49.6 Å². The van der Waals surface area contributed by atoms with Crippen LogP contribution in [0.1, 0.15) is 37.3 Å². The molecule has 3 aromatic rings. The van der Waals surface area contributed by atoms with Gasteiger partial charge in [-0.3, -0.25) is 9.69 Å². The van der Waals surface area contributed by atoms with Gasteiger partial charge in [0.1, 0.15) is 5.82 Å². The van der Waals surface area contributed by atoms with Crippen LogP contribution in [0.15, 0.2) is 47.5 Å². The van der Waals surface area contributed by atoms with E-state index in [2.05, 4.69) is 56.4 Å². The molecule has 140 valence electrons. The number of fused-ring (bicyclic) bond motifs is 1. The highest BCUT2D eigenvalue weighted by atomic mass is 16.1. The normalized spacial score (nSPS) is 17.9. The van der Waals surface area contributed by atoms with E-state index < -0.39 is 0 Å². The minimum absolute atomic E-state index is 0.222. The summed E-state index contributed by atoms with van der Waals surface area (Å²) in [5.74, 6) is 0.673. The number of hydrogen-bond donors (Lipinski definition) is 2. The molecular formula is C21H25N5O. The molecule has 6 nitrogen and oxygen atoms in total. The number of rotatable bonds is 5. The van der Waals surface area contributed by atoms with Crippen LogP contribution in [0.4, 0.5) is 5.82 Å². The maximum absolute atomic E-state index is 11.8. The Kier molecular flexibility index (Phi) is 5.16. The maximum Gasteiger partial charge on any atom is 0.277 e. The summed E-state index contributed by atoms with van der Waals surface area (Å²) in [4.78, 5) is 25.5. The molecule has 0 bridgehead atoms. The molecule has 2 aromatic heterocycles. The van der Waals surface area contributed by atoms with E-state index in [1.54, 1.807) is 0 Å². The number of H-pyrrole nitrogens is 1. The molecule has 1 aliphatic rings. The summed E-state index contributed by atoms with van der Waals surface area (Å²) in [6, 6.07) is 13.1. The second-order valence-corrected chi connectivity index (χ2v) is 7.28. The first-order valence-corrected chi connectivity index (χ1v) is 9.59. The lowest BCUT2D eigenvalue weighted by atomic mass is 10.0. The van der Waals surface area contributed by atoms with Crippen molar-refractivity contribution in [1.29, 1.82) is 0 Å². The van der Waals surface area contributed by atoms with Gasteiger partial charge < -0.3 is 10.3 Å².